The Hall–Kier alpha value is -1.65. The van der Waals surface area contributed by atoms with E-state index in [-0.39, 0.29) is 43.2 Å². The average Bonchev–Trinajstić information content (AvgIpc) is 3.08. The molecule has 0 amide bonds. The first kappa shape index (κ1) is 24.4. The third kappa shape index (κ3) is 8.15. The van der Waals surface area contributed by atoms with E-state index in [9.17, 15) is 5.11 Å². The molecule has 2 atom stereocenters. The van der Waals surface area contributed by atoms with Gasteiger partial charge in [-0.05, 0) is 19.4 Å². The predicted octanol–water partition coefficient (Wildman–Crippen LogP) is 2.57. The third-order valence-corrected chi connectivity index (χ3v) is 4.13. The number of aliphatic hydroxyl groups is 1. The highest BCUT2D eigenvalue weighted by Gasteiger charge is 2.12. The molecule has 0 bridgehead atoms. The minimum Gasteiger partial charge on any atom is -0.389 e. The summed E-state index contributed by atoms with van der Waals surface area (Å²) in [6.07, 6.45) is 3.10. The van der Waals surface area contributed by atoms with Gasteiger partial charge in [0, 0.05) is 38.9 Å². The molecule has 0 aliphatic carbocycles. The molecule has 0 radical (unpaired) electrons. The number of ether oxygens (including phenoxy) is 1. The van der Waals surface area contributed by atoms with Gasteiger partial charge in [-0.15, -0.1) is 24.0 Å². The van der Waals surface area contributed by atoms with Crippen LogP contribution in [-0.4, -0.2) is 58.6 Å². The fourth-order valence-corrected chi connectivity index (χ4v) is 2.69. The fourth-order valence-electron chi connectivity index (χ4n) is 2.69. The second-order valence-corrected chi connectivity index (χ2v) is 6.61. The summed E-state index contributed by atoms with van der Waals surface area (Å²) in [5.74, 6) is 0.747. The Morgan fingerprint density at radius 2 is 2.07 bits per heavy atom. The number of halogens is 1. The van der Waals surface area contributed by atoms with Crippen molar-refractivity contribution < 1.29 is 9.84 Å². The molecule has 1 aromatic carbocycles. The van der Waals surface area contributed by atoms with Crippen molar-refractivity contribution in [2.75, 3.05) is 26.7 Å². The minimum atomic E-state index is -0.656. The van der Waals surface area contributed by atoms with E-state index in [4.69, 9.17) is 4.74 Å². The minimum absolute atomic E-state index is 0. The van der Waals surface area contributed by atoms with Crippen LogP contribution in [0.3, 0.4) is 0 Å². The van der Waals surface area contributed by atoms with Gasteiger partial charge < -0.3 is 20.1 Å². The number of nitrogens with zero attached hydrogens (tertiary/aromatic N) is 4. The van der Waals surface area contributed by atoms with E-state index in [1.54, 1.807) is 4.68 Å². The molecule has 156 valence electrons. The number of aromatic nitrogens is 2. The van der Waals surface area contributed by atoms with Crippen LogP contribution in [0.25, 0.3) is 0 Å². The Morgan fingerprint density at radius 1 is 1.36 bits per heavy atom. The van der Waals surface area contributed by atoms with E-state index in [0.29, 0.717) is 6.54 Å². The Kier molecular flexibility index (Phi) is 11.1. The van der Waals surface area contributed by atoms with Crippen molar-refractivity contribution in [2.24, 2.45) is 12.0 Å². The maximum Gasteiger partial charge on any atom is 0.194 e. The van der Waals surface area contributed by atoms with Crippen LogP contribution in [0, 0.1) is 0 Å². The number of hydrogen-bond acceptors (Lipinski definition) is 4. The number of guanidine groups is 1. The van der Waals surface area contributed by atoms with Crippen LogP contribution < -0.4 is 5.32 Å². The Bertz CT molecular complexity index is 708. The molecule has 1 heterocycles. The van der Waals surface area contributed by atoms with Crippen LogP contribution >= 0.6 is 24.0 Å². The summed E-state index contributed by atoms with van der Waals surface area (Å²) < 4.78 is 7.56. The van der Waals surface area contributed by atoms with E-state index in [0.717, 1.165) is 23.6 Å². The molecule has 0 fully saturated rings. The number of rotatable bonds is 9. The van der Waals surface area contributed by atoms with Crippen molar-refractivity contribution in [1.82, 2.24) is 20.0 Å². The summed E-state index contributed by atoms with van der Waals surface area (Å²) in [5, 5.41) is 17.7. The molecule has 7 nitrogen and oxygen atoms in total. The van der Waals surface area contributed by atoms with Crippen molar-refractivity contribution in [3.05, 3.63) is 53.9 Å². The first-order chi connectivity index (χ1) is 13.0. The van der Waals surface area contributed by atoms with E-state index < -0.39 is 6.10 Å². The summed E-state index contributed by atoms with van der Waals surface area (Å²) in [7, 11) is 3.87. The number of nitrogens with one attached hydrogen (secondary N) is 1. The predicted molar refractivity (Wildman–Crippen MR) is 123 cm³/mol. The lowest BCUT2D eigenvalue weighted by atomic mass is 10.1. The second kappa shape index (κ2) is 12.7. The number of hydrogen-bond donors (Lipinski definition) is 2. The molecule has 2 N–H and O–H groups in total. The van der Waals surface area contributed by atoms with Crippen LogP contribution in [-0.2, 0) is 18.3 Å². The van der Waals surface area contributed by atoms with Gasteiger partial charge in [-0.25, -0.2) is 0 Å². The van der Waals surface area contributed by atoms with Gasteiger partial charge in [0.1, 0.15) is 0 Å². The maximum absolute atomic E-state index is 10.2. The van der Waals surface area contributed by atoms with Crippen molar-refractivity contribution in [2.45, 2.75) is 32.6 Å². The van der Waals surface area contributed by atoms with Crippen LogP contribution in [0.1, 0.15) is 31.1 Å². The monoisotopic (exact) mass is 501 g/mol. The molecule has 28 heavy (non-hydrogen) atoms. The summed E-state index contributed by atoms with van der Waals surface area (Å²) in [4.78, 5) is 6.56. The summed E-state index contributed by atoms with van der Waals surface area (Å²) in [6, 6.07) is 9.98. The van der Waals surface area contributed by atoms with Crippen molar-refractivity contribution in [3.8, 4) is 0 Å². The van der Waals surface area contributed by atoms with Crippen LogP contribution in [0.15, 0.2) is 47.7 Å². The number of aryl methyl sites for hydroxylation is 1. The maximum atomic E-state index is 10.2. The van der Waals surface area contributed by atoms with Crippen molar-refractivity contribution in [3.63, 3.8) is 0 Å². The molecule has 1 aromatic heterocycles. The molecule has 0 spiro atoms. The fraction of sp³-hybridized carbons (Fsp3) is 0.500. The van der Waals surface area contributed by atoms with Gasteiger partial charge in [0.05, 0.1) is 31.6 Å². The highest BCUT2D eigenvalue weighted by atomic mass is 127. The van der Waals surface area contributed by atoms with Gasteiger partial charge in [0.15, 0.2) is 5.96 Å². The highest BCUT2D eigenvalue weighted by Crippen LogP contribution is 2.16. The summed E-state index contributed by atoms with van der Waals surface area (Å²) >= 11 is 0. The van der Waals surface area contributed by atoms with Crippen molar-refractivity contribution in [1.29, 1.82) is 0 Å². The van der Waals surface area contributed by atoms with Gasteiger partial charge >= 0.3 is 0 Å². The first-order valence-corrected chi connectivity index (χ1v) is 9.31. The average molecular weight is 501 g/mol. The van der Waals surface area contributed by atoms with Gasteiger partial charge in [-0.2, -0.15) is 5.10 Å². The van der Waals surface area contributed by atoms with E-state index in [2.05, 4.69) is 15.4 Å². The Morgan fingerprint density at radius 3 is 2.68 bits per heavy atom. The molecule has 0 aliphatic rings. The molecule has 0 saturated heterocycles. The van der Waals surface area contributed by atoms with E-state index in [1.165, 1.54) is 0 Å². The molecule has 2 aromatic rings. The van der Waals surface area contributed by atoms with E-state index in [1.807, 2.05) is 75.6 Å². The lowest BCUT2D eigenvalue weighted by Crippen LogP contribution is -2.39. The van der Waals surface area contributed by atoms with Gasteiger partial charge in [0.25, 0.3) is 0 Å². The van der Waals surface area contributed by atoms with Gasteiger partial charge in [-0.1, -0.05) is 30.3 Å². The Labute approximate surface area is 184 Å². The summed E-state index contributed by atoms with van der Waals surface area (Å²) in [6.45, 7) is 5.98. The Balaban J connectivity index is 0.00000392. The second-order valence-electron chi connectivity index (χ2n) is 6.61. The van der Waals surface area contributed by atoms with Crippen LogP contribution in [0.5, 0.6) is 0 Å². The molecule has 0 aliphatic heterocycles. The molecular formula is C20H32IN5O2. The zero-order chi connectivity index (χ0) is 19.6. The SMILES string of the molecule is CCNC(=NCC(O)COC(C)c1ccccc1)N(C)Cc1cnn(C)c1.I. The smallest absolute Gasteiger partial charge is 0.194 e. The third-order valence-electron chi connectivity index (χ3n) is 4.13. The lowest BCUT2D eigenvalue weighted by Gasteiger charge is -2.22. The number of aliphatic hydroxyl groups excluding tert-OH is 1. The molecule has 8 heteroatoms. The zero-order valence-electron chi connectivity index (χ0n) is 17.1. The quantitative estimate of drug-likeness (QED) is 0.314. The lowest BCUT2D eigenvalue weighted by molar-refractivity contribution is 0.00106. The molecular weight excluding hydrogens is 469 g/mol. The molecule has 0 saturated carbocycles. The van der Waals surface area contributed by atoms with Crippen LogP contribution in [0.2, 0.25) is 0 Å². The molecule has 2 unspecified atom stereocenters. The highest BCUT2D eigenvalue weighted by molar-refractivity contribution is 14.0. The normalized spacial score (nSPS) is 13.5. The van der Waals surface area contributed by atoms with Crippen LogP contribution in [0.4, 0.5) is 0 Å². The summed E-state index contributed by atoms with van der Waals surface area (Å²) in [5.41, 5.74) is 2.20. The van der Waals surface area contributed by atoms with E-state index >= 15 is 0 Å². The van der Waals surface area contributed by atoms with Crippen molar-refractivity contribution >= 4 is 29.9 Å². The first-order valence-electron chi connectivity index (χ1n) is 9.31. The number of benzene rings is 1. The zero-order valence-corrected chi connectivity index (χ0v) is 19.4. The standard InChI is InChI=1S/C20H31N5O2.HI/c1-5-21-20(24(3)13-17-11-23-25(4)14-17)22-12-19(26)15-27-16(2)18-9-7-6-8-10-18;/h6-11,14,16,19,26H,5,12-13,15H2,1-4H3,(H,21,22);1H. The largest absolute Gasteiger partial charge is 0.389 e. The van der Waals surface area contributed by atoms with Gasteiger partial charge in [0.2, 0.25) is 0 Å². The van der Waals surface area contributed by atoms with Gasteiger partial charge in [-0.3, -0.25) is 9.67 Å². The molecule has 2 rings (SSSR count). The topological polar surface area (TPSA) is 74.9 Å². The number of aliphatic imine (C=N–C) groups is 1.